The van der Waals surface area contributed by atoms with Crippen molar-refractivity contribution < 1.29 is 9.50 Å². The standard InChI is InChI=1S/C10H11FN2O.ClH/c1-2-9(13)7-3-6(5-12)4-8(11)10(7)14;/h3-4,9,14H,2,13H2,1H3;1H/t9-;/m1./s1. The summed E-state index contributed by atoms with van der Waals surface area (Å²) < 4.78 is 13.1. The molecule has 15 heavy (non-hydrogen) atoms. The number of aromatic hydroxyl groups is 1. The van der Waals surface area contributed by atoms with Crippen LogP contribution in [0, 0.1) is 17.1 Å². The van der Waals surface area contributed by atoms with Crippen LogP contribution in [0.15, 0.2) is 12.1 Å². The Kier molecular flexibility index (Phi) is 5.06. The van der Waals surface area contributed by atoms with E-state index in [0.717, 1.165) is 6.07 Å². The molecular weight excluding hydrogens is 219 g/mol. The third-order valence-electron chi connectivity index (χ3n) is 2.06. The van der Waals surface area contributed by atoms with Crippen LogP contribution in [-0.2, 0) is 0 Å². The topological polar surface area (TPSA) is 70.0 Å². The van der Waals surface area contributed by atoms with Gasteiger partial charge in [-0.15, -0.1) is 12.4 Å². The molecule has 0 fully saturated rings. The van der Waals surface area contributed by atoms with Crippen LogP contribution in [0.2, 0.25) is 0 Å². The van der Waals surface area contributed by atoms with Crippen molar-refractivity contribution in [2.45, 2.75) is 19.4 Å². The summed E-state index contributed by atoms with van der Waals surface area (Å²) in [6.45, 7) is 1.82. The van der Waals surface area contributed by atoms with E-state index >= 15 is 0 Å². The summed E-state index contributed by atoms with van der Waals surface area (Å²) in [5, 5.41) is 17.9. The highest BCUT2D eigenvalue weighted by molar-refractivity contribution is 5.85. The molecule has 0 aliphatic rings. The minimum Gasteiger partial charge on any atom is -0.505 e. The van der Waals surface area contributed by atoms with Crippen LogP contribution in [0.3, 0.4) is 0 Å². The van der Waals surface area contributed by atoms with Gasteiger partial charge in [0.2, 0.25) is 0 Å². The van der Waals surface area contributed by atoms with Gasteiger partial charge < -0.3 is 10.8 Å². The molecule has 5 heteroatoms. The Bertz CT molecular complexity index is 390. The van der Waals surface area contributed by atoms with E-state index < -0.39 is 17.6 Å². The molecule has 1 aromatic rings. The molecule has 0 aliphatic heterocycles. The first-order valence-electron chi connectivity index (χ1n) is 4.28. The van der Waals surface area contributed by atoms with E-state index in [0.29, 0.717) is 6.42 Å². The molecule has 3 N–H and O–H groups in total. The molecule has 0 saturated carbocycles. The Morgan fingerprint density at radius 1 is 1.60 bits per heavy atom. The van der Waals surface area contributed by atoms with Crippen molar-refractivity contribution in [2.75, 3.05) is 0 Å². The molecule has 1 rings (SSSR count). The van der Waals surface area contributed by atoms with Crippen molar-refractivity contribution in [3.05, 3.63) is 29.1 Å². The number of halogens is 2. The van der Waals surface area contributed by atoms with Crippen molar-refractivity contribution in [2.24, 2.45) is 5.73 Å². The molecule has 0 saturated heterocycles. The Hall–Kier alpha value is -1.31. The van der Waals surface area contributed by atoms with Crippen molar-refractivity contribution in [3.8, 4) is 11.8 Å². The Morgan fingerprint density at radius 3 is 2.67 bits per heavy atom. The first kappa shape index (κ1) is 13.7. The number of hydrogen-bond acceptors (Lipinski definition) is 3. The molecule has 0 bridgehead atoms. The summed E-state index contributed by atoms with van der Waals surface area (Å²) in [5.74, 6) is -1.26. The van der Waals surface area contributed by atoms with E-state index in [1.165, 1.54) is 6.07 Å². The number of phenolic OH excluding ortho intramolecular Hbond substituents is 1. The lowest BCUT2D eigenvalue weighted by atomic mass is 10.0. The largest absolute Gasteiger partial charge is 0.505 e. The number of rotatable bonds is 2. The molecule has 1 atom stereocenters. The lowest BCUT2D eigenvalue weighted by Gasteiger charge is -2.11. The van der Waals surface area contributed by atoms with Crippen LogP contribution in [0.4, 0.5) is 4.39 Å². The summed E-state index contributed by atoms with van der Waals surface area (Å²) >= 11 is 0. The lowest BCUT2D eigenvalue weighted by Crippen LogP contribution is -2.09. The molecule has 0 amide bonds. The average molecular weight is 231 g/mol. The number of hydrogen-bond donors (Lipinski definition) is 2. The molecule has 0 unspecified atom stereocenters. The van der Waals surface area contributed by atoms with Gasteiger partial charge in [0, 0.05) is 11.6 Å². The van der Waals surface area contributed by atoms with Crippen LogP contribution >= 0.6 is 12.4 Å². The maximum Gasteiger partial charge on any atom is 0.166 e. The third-order valence-corrected chi connectivity index (χ3v) is 2.06. The third kappa shape index (κ3) is 2.82. The first-order chi connectivity index (χ1) is 6.60. The first-order valence-corrected chi connectivity index (χ1v) is 4.28. The second-order valence-electron chi connectivity index (χ2n) is 3.02. The van der Waals surface area contributed by atoms with Crippen molar-refractivity contribution in [3.63, 3.8) is 0 Å². The van der Waals surface area contributed by atoms with Gasteiger partial charge in [0.25, 0.3) is 0 Å². The molecule has 0 aliphatic carbocycles. The van der Waals surface area contributed by atoms with E-state index in [9.17, 15) is 9.50 Å². The second kappa shape index (κ2) is 5.54. The average Bonchev–Trinajstić information content (AvgIpc) is 2.20. The van der Waals surface area contributed by atoms with Crippen molar-refractivity contribution in [1.82, 2.24) is 0 Å². The summed E-state index contributed by atoms with van der Waals surface area (Å²) in [7, 11) is 0. The van der Waals surface area contributed by atoms with E-state index in [2.05, 4.69) is 0 Å². The number of nitriles is 1. The van der Waals surface area contributed by atoms with Gasteiger partial charge >= 0.3 is 0 Å². The van der Waals surface area contributed by atoms with Crippen LogP contribution in [0.1, 0.15) is 30.5 Å². The van der Waals surface area contributed by atoms with Crippen LogP contribution in [0.25, 0.3) is 0 Å². The Morgan fingerprint density at radius 2 is 2.20 bits per heavy atom. The zero-order valence-electron chi connectivity index (χ0n) is 8.20. The van der Waals surface area contributed by atoms with E-state index in [4.69, 9.17) is 11.0 Å². The molecule has 3 nitrogen and oxygen atoms in total. The number of phenols is 1. The highest BCUT2D eigenvalue weighted by Crippen LogP contribution is 2.28. The Labute approximate surface area is 93.7 Å². The molecular formula is C10H12ClFN2O. The summed E-state index contributed by atoms with van der Waals surface area (Å²) in [4.78, 5) is 0. The lowest BCUT2D eigenvalue weighted by molar-refractivity contribution is 0.419. The van der Waals surface area contributed by atoms with Gasteiger partial charge in [0.05, 0.1) is 11.6 Å². The molecule has 0 aromatic heterocycles. The fraction of sp³-hybridized carbons (Fsp3) is 0.300. The van der Waals surface area contributed by atoms with Gasteiger partial charge in [-0.3, -0.25) is 0 Å². The number of nitrogens with zero attached hydrogens (tertiary/aromatic N) is 1. The van der Waals surface area contributed by atoms with E-state index in [-0.39, 0.29) is 23.5 Å². The van der Waals surface area contributed by atoms with Crippen LogP contribution in [-0.4, -0.2) is 5.11 Å². The predicted octanol–water partition coefficient (Wildman–Crippen LogP) is 2.23. The van der Waals surface area contributed by atoms with E-state index in [1.807, 2.05) is 13.0 Å². The number of nitrogens with two attached hydrogens (primary N) is 1. The monoisotopic (exact) mass is 230 g/mol. The van der Waals surface area contributed by atoms with Gasteiger partial charge in [-0.25, -0.2) is 4.39 Å². The van der Waals surface area contributed by atoms with Gasteiger partial charge in [0.15, 0.2) is 11.6 Å². The molecule has 0 spiro atoms. The van der Waals surface area contributed by atoms with E-state index in [1.54, 1.807) is 0 Å². The minimum atomic E-state index is -0.803. The second-order valence-corrected chi connectivity index (χ2v) is 3.02. The highest BCUT2D eigenvalue weighted by Gasteiger charge is 2.14. The molecule has 82 valence electrons. The smallest absolute Gasteiger partial charge is 0.166 e. The maximum absolute atomic E-state index is 13.1. The van der Waals surface area contributed by atoms with Crippen LogP contribution < -0.4 is 5.73 Å². The maximum atomic E-state index is 13.1. The highest BCUT2D eigenvalue weighted by atomic mass is 35.5. The van der Waals surface area contributed by atoms with Gasteiger partial charge in [-0.05, 0) is 18.6 Å². The summed E-state index contributed by atoms with van der Waals surface area (Å²) in [6, 6.07) is 3.76. The molecule has 1 aromatic carbocycles. The summed E-state index contributed by atoms with van der Waals surface area (Å²) in [5.41, 5.74) is 6.10. The predicted molar refractivity (Wildman–Crippen MR) is 57.2 cm³/mol. The Balaban J connectivity index is 0.00000196. The number of benzene rings is 1. The van der Waals surface area contributed by atoms with Gasteiger partial charge in [-0.1, -0.05) is 6.92 Å². The quantitative estimate of drug-likeness (QED) is 0.819. The fourth-order valence-electron chi connectivity index (χ4n) is 1.19. The molecule has 0 radical (unpaired) electrons. The van der Waals surface area contributed by atoms with Gasteiger partial charge in [0.1, 0.15) is 0 Å². The summed E-state index contributed by atoms with van der Waals surface area (Å²) in [6.07, 6.45) is 0.571. The zero-order valence-corrected chi connectivity index (χ0v) is 9.01. The fourth-order valence-corrected chi connectivity index (χ4v) is 1.19. The zero-order chi connectivity index (χ0) is 10.7. The van der Waals surface area contributed by atoms with Crippen molar-refractivity contribution in [1.29, 1.82) is 5.26 Å². The van der Waals surface area contributed by atoms with Crippen LogP contribution in [0.5, 0.6) is 5.75 Å². The van der Waals surface area contributed by atoms with Crippen molar-refractivity contribution >= 4 is 12.4 Å². The SMILES string of the molecule is CC[C@@H](N)c1cc(C#N)cc(F)c1O.Cl. The molecule has 0 heterocycles. The van der Waals surface area contributed by atoms with Gasteiger partial charge in [-0.2, -0.15) is 5.26 Å². The normalized spacial score (nSPS) is 11.3. The minimum absolute atomic E-state index is 0.